The van der Waals surface area contributed by atoms with Gasteiger partial charge in [-0.15, -0.1) is 0 Å². The molecule has 44 heavy (non-hydrogen) atoms. The molecule has 4 aliphatic carbocycles. The van der Waals surface area contributed by atoms with Gasteiger partial charge in [0.25, 0.3) is 5.91 Å². The molecule has 1 unspecified atom stereocenters. The number of quaternary nitrogens is 1. The smallest absolute Gasteiger partial charge is 0.328 e. The molecule has 0 aliphatic heterocycles. The largest absolute Gasteiger partial charge is 0.595 e. The summed E-state index contributed by atoms with van der Waals surface area (Å²) in [5, 5.41) is 35.9. The van der Waals surface area contributed by atoms with Crippen LogP contribution >= 0.6 is 0 Å². The highest BCUT2D eigenvalue weighted by atomic mass is 16.8. The summed E-state index contributed by atoms with van der Waals surface area (Å²) in [6.07, 6.45) is 10.5. The minimum Gasteiger partial charge on any atom is -0.595 e. The van der Waals surface area contributed by atoms with Gasteiger partial charge >= 0.3 is 5.97 Å². The number of oxime groups is 1. The zero-order chi connectivity index (χ0) is 31.8. The number of fused-ring (bicyclic) bond motifs is 5. The Morgan fingerprint density at radius 3 is 2.61 bits per heavy atom. The monoisotopic (exact) mass is 611 g/mol. The van der Waals surface area contributed by atoms with E-state index in [1.54, 1.807) is 6.92 Å². The second kappa shape index (κ2) is 12.6. The number of ketones is 1. The summed E-state index contributed by atoms with van der Waals surface area (Å²) < 4.78 is 4.82. The third kappa shape index (κ3) is 6.01. The summed E-state index contributed by atoms with van der Waals surface area (Å²) in [5.41, 5.74) is 2.58. The summed E-state index contributed by atoms with van der Waals surface area (Å²) >= 11 is 0. The van der Waals surface area contributed by atoms with E-state index in [1.165, 1.54) is 30.9 Å². The number of hydrogen-bond acceptors (Lipinski definition) is 9. The number of phenols is 1. The van der Waals surface area contributed by atoms with E-state index in [0.717, 1.165) is 57.1 Å². The number of ether oxygens (including phenoxy) is 1. The van der Waals surface area contributed by atoms with Crippen molar-refractivity contribution in [3.8, 4) is 5.75 Å². The van der Waals surface area contributed by atoms with E-state index in [-0.39, 0.29) is 28.9 Å². The molecule has 11 nitrogen and oxygen atoms in total. The maximum absolute atomic E-state index is 12.7. The van der Waals surface area contributed by atoms with Crippen LogP contribution in [0.15, 0.2) is 35.0 Å². The van der Waals surface area contributed by atoms with Gasteiger partial charge in [-0.2, -0.15) is 5.23 Å². The molecule has 240 valence electrons. The molecule has 4 N–H and O–H groups in total. The lowest BCUT2D eigenvalue weighted by Crippen LogP contribution is -2.99. The third-order valence-corrected chi connectivity index (χ3v) is 11.4. The van der Waals surface area contributed by atoms with Gasteiger partial charge in [0.05, 0.1) is 12.8 Å². The van der Waals surface area contributed by atoms with Gasteiger partial charge in [-0.3, -0.25) is 9.59 Å². The van der Waals surface area contributed by atoms with Crippen molar-refractivity contribution in [3.63, 3.8) is 0 Å². The minimum atomic E-state index is -1.31. The molecule has 1 aromatic rings. The van der Waals surface area contributed by atoms with Crippen LogP contribution in [0.4, 0.5) is 5.69 Å². The van der Waals surface area contributed by atoms with E-state index in [2.05, 4.69) is 30.4 Å². The van der Waals surface area contributed by atoms with E-state index in [0.29, 0.717) is 29.1 Å². The van der Waals surface area contributed by atoms with Gasteiger partial charge < -0.3 is 25.2 Å². The van der Waals surface area contributed by atoms with E-state index >= 15 is 0 Å². The van der Waals surface area contributed by atoms with Crippen LogP contribution in [0.2, 0.25) is 0 Å². The summed E-state index contributed by atoms with van der Waals surface area (Å²) in [5.74, 6) is 0.785. The van der Waals surface area contributed by atoms with Gasteiger partial charge in [-0.05, 0) is 105 Å². The Labute approximate surface area is 258 Å². The van der Waals surface area contributed by atoms with Crippen LogP contribution in [0.5, 0.6) is 5.75 Å². The van der Waals surface area contributed by atoms with Crippen LogP contribution in [0.25, 0.3) is 0 Å². The Hall–Kier alpha value is -3.28. The molecule has 5 rings (SSSR count). The molecule has 3 fully saturated rings. The zero-order valence-corrected chi connectivity index (χ0v) is 26.1. The van der Waals surface area contributed by atoms with E-state index in [4.69, 9.17) is 9.57 Å². The van der Waals surface area contributed by atoms with Crippen molar-refractivity contribution in [2.45, 2.75) is 84.6 Å². The van der Waals surface area contributed by atoms with Crippen LogP contribution < -0.4 is 10.5 Å². The number of nitrogens with one attached hydrogen (secondary N) is 2. The first-order valence-electron chi connectivity index (χ1n) is 15.7. The molecule has 0 radical (unpaired) electrons. The fourth-order valence-corrected chi connectivity index (χ4v) is 9.17. The summed E-state index contributed by atoms with van der Waals surface area (Å²) in [6.45, 7) is 6.15. The number of methoxy groups -OCH3 is 1. The molecule has 1 amide bonds. The second-order valence-electron chi connectivity index (χ2n) is 13.6. The number of carbonyl (C=O) groups is 3. The average Bonchev–Trinajstić information content (AvgIpc) is 3.35. The molecule has 1 aromatic carbocycles. The first kappa shape index (κ1) is 32.1. The lowest BCUT2D eigenvalue weighted by Gasteiger charge is -2.58. The van der Waals surface area contributed by atoms with Crippen molar-refractivity contribution in [1.82, 2.24) is 5.32 Å². The molecular formula is C33H45N3O8. The number of amides is 1. The Kier molecular flexibility index (Phi) is 9.21. The topological polar surface area (TPSA) is 162 Å². The Morgan fingerprint density at radius 2 is 1.91 bits per heavy atom. The number of carbonyl (C=O) groups excluding carboxylic acids is 3. The van der Waals surface area contributed by atoms with Crippen molar-refractivity contribution >= 4 is 29.1 Å². The van der Waals surface area contributed by atoms with Gasteiger partial charge in [0, 0.05) is 18.4 Å². The van der Waals surface area contributed by atoms with Gasteiger partial charge in [-0.1, -0.05) is 30.6 Å². The Bertz CT molecular complexity index is 1360. The molecule has 4 aliphatic rings. The number of hydrogen-bond donors (Lipinski definition) is 4. The quantitative estimate of drug-likeness (QED) is 0.187. The molecule has 0 heterocycles. The summed E-state index contributed by atoms with van der Waals surface area (Å²) in [7, 11) is 1.20. The number of rotatable bonds is 9. The third-order valence-electron chi connectivity index (χ3n) is 11.4. The molecule has 0 spiro atoms. The summed E-state index contributed by atoms with van der Waals surface area (Å²) in [6, 6.07) is 2.88. The molecule has 11 heteroatoms. The Morgan fingerprint density at radius 1 is 1.14 bits per heavy atom. The standard InChI is InChI=1S/C33H45N3O8/c1-19(37)24-8-9-25-23-7-6-21-17-22(11-13-32(21,2)26(23)12-14-33(24,25)3)35-44-18-30(39)34-27(31(40)43-4)15-20-5-10-29(38)28(16-20)36(41)42/h5,10,16-17,23-27,36,38,41H,6-9,11-15,18H2,1-4H3,(H,34,39)/t23-,24+,25+,26+,27+,32+,33-/m1/s1. The fourth-order valence-electron chi connectivity index (χ4n) is 9.17. The summed E-state index contributed by atoms with van der Waals surface area (Å²) in [4.78, 5) is 42.9. The average molecular weight is 612 g/mol. The van der Waals surface area contributed by atoms with Crippen LogP contribution in [0.3, 0.4) is 0 Å². The number of benzene rings is 1. The molecule has 3 saturated carbocycles. The normalized spacial score (nSPS) is 33.2. The van der Waals surface area contributed by atoms with Crippen molar-refractivity contribution in [3.05, 3.63) is 40.6 Å². The number of aromatic hydroxyl groups is 1. The number of esters is 1. The molecule has 8 atom stereocenters. The number of phenolic OH excluding ortho intramolecular Hbond substituents is 1. The highest BCUT2D eigenvalue weighted by Gasteiger charge is 2.59. The molecule has 0 saturated heterocycles. The Balaban J connectivity index is 1.19. The lowest BCUT2D eigenvalue weighted by molar-refractivity contribution is -0.991. The highest BCUT2D eigenvalue weighted by molar-refractivity contribution is 5.96. The number of allylic oxidation sites excluding steroid dienone is 2. The fraction of sp³-hybridized carbons (Fsp3) is 0.636. The van der Waals surface area contributed by atoms with Gasteiger partial charge in [0.2, 0.25) is 5.69 Å². The zero-order valence-electron chi connectivity index (χ0n) is 26.1. The van der Waals surface area contributed by atoms with Gasteiger partial charge in [0.1, 0.15) is 11.8 Å². The lowest BCUT2D eigenvalue weighted by atomic mass is 9.46. The van der Waals surface area contributed by atoms with Crippen LogP contribution in [0, 0.1) is 39.7 Å². The van der Waals surface area contributed by atoms with Gasteiger partial charge in [-0.25, -0.2) is 10.0 Å². The first-order valence-corrected chi connectivity index (χ1v) is 15.7. The van der Waals surface area contributed by atoms with Crippen LogP contribution in [0.1, 0.15) is 77.7 Å². The van der Waals surface area contributed by atoms with Gasteiger partial charge in [0.15, 0.2) is 12.4 Å². The van der Waals surface area contributed by atoms with Crippen molar-refractivity contribution < 1.29 is 39.5 Å². The maximum atomic E-state index is 12.7. The van der Waals surface area contributed by atoms with Crippen molar-refractivity contribution in [1.29, 1.82) is 0 Å². The van der Waals surface area contributed by atoms with Crippen molar-refractivity contribution in [2.75, 3.05) is 13.7 Å². The SMILES string of the molecule is COC(=O)[C@H](Cc1ccc(O)c([NH+]([O-])O)c1)NC(=O)CON=C1C=C2CC[C@@H]3[C@@H]4CC[C@@H](C(C)=O)[C@@]4(C)CC[C@@H]3[C@@]2(C)CC1. The maximum Gasteiger partial charge on any atom is 0.328 e. The number of Topliss-reactive ketones (excluding diaryl/α,β-unsaturated/α-hetero) is 1. The predicted octanol–water partition coefficient (Wildman–Crippen LogP) is 3.54. The van der Waals surface area contributed by atoms with Crippen molar-refractivity contribution in [2.24, 2.45) is 39.7 Å². The van der Waals surface area contributed by atoms with Crippen LogP contribution in [-0.4, -0.2) is 53.4 Å². The van der Waals surface area contributed by atoms with E-state index < -0.39 is 35.5 Å². The van der Waals surface area contributed by atoms with E-state index in [1.807, 2.05) is 0 Å². The highest BCUT2D eigenvalue weighted by Crippen LogP contribution is 2.66. The second-order valence-corrected chi connectivity index (χ2v) is 13.6. The molecule has 0 aromatic heterocycles. The van der Waals surface area contributed by atoms with E-state index in [9.17, 15) is 29.9 Å². The minimum absolute atomic E-state index is 0.0320. The number of nitrogens with zero attached hydrogens (tertiary/aromatic N) is 1. The van der Waals surface area contributed by atoms with Crippen LogP contribution in [-0.2, 0) is 30.4 Å². The molecule has 0 bridgehead atoms. The predicted molar refractivity (Wildman–Crippen MR) is 161 cm³/mol. The first-order chi connectivity index (χ1) is 20.9. The molecular weight excluding hydrogens is 566 g/mol.